The van der Waals surface area contributed by atoms with Crippen LogP contribution in [0.5, 0.6) is 0 Å². The second-order valence-corrected chi connectivity index (χ2v) is 5.25. The number of anilines is 2. The van der Waals surface area contributed by atoms with Crippen LogP contribution in [0.15, 0.2) is 36.4 Å². The summed E-state index contributed by atoms with van der Waals surface area (Å²) in [5, 5.41) is 13.8. The Morgan fingerprint density at radius 2 is 1.83 bits per heavy atom. The Morgan fingerprint density at radius 3 is 2.39 bits per heavy atom. The number of carbonyl (C=O) groups is 2. The molecule has 0 bridgehead atoms. The fraction of sp³-hybridized carbons (Fsp3) is 0.250. The van der Waals surface area contributed by atoms with Crippen LogP contribution in [0.4, 0.5) is 11.5 Å². The molecular weight excluding hydrogens is 296 g/mol. The SMILES string of the molecule is COC(=O)c1ccc(Nc2ccc(C(=O)NC3CC3)nn2)cc1. The first kappa shape index (κ1) is 15.0. The smallest absolute Gasteiger partial charge is 0.337 e. The maximum absolute atomic E-state index is 11.8. The average molecular weight is 312 g/mol. The summed E-state index contributed by atoms with van der Waals surface area (Å²) in [6, 6.07) is 10.4. The topological polar surface area (TPSA) is 93.2 Å². The number of methoxy groups -OCH3 is 1. The highest BCUT2D eigenvalue weighted by Crippen LogP contribution is 2.19. The summed E-state index contributed by atoms with van der Waals surface area (Å²) in [5.41, 5.74) is 1.52. The van der Waals surface area contributed by atoms with Gasteiger partial charge < -0.3 is 15.4 Å². The first-order chi connectivity index (χ1) is 11.2. The molecule has 0 spiro atoms. The normalized spacial score (nSPS) is 13.3. The number of hydrogen-bond acceptors (Lipinski definition) is 6. The standard InChI is InChI=1S/C16H16N4O3/c1-23-16(22)10-2-4-11(5-3-10)17-14-9-8-13(19-20-14)15(21)18-12-6-7-12/h2-5,8-9,12H,6-7H2,1H3,(H,17,20)(H,18,21). The fourth-order valence-electron chi connectivity index (χ4n) is 1.96. The number of hydrogen-bond donors (Lipinski definition) is 2. The summed E-state index contributed by atoms with van der Waals surface area (Å²) in [6.45, 7) is 0. The second kappa shape index (κ2) is 6.43. The van der Waals surface area contributed by atoms with Gasteiger partial charge in [0.25, 0.3) is 5.91 Å². The van der Waals surface area contributed by atoms with Crippen molar-refractivity contribution in [2.24, 2.45) is 0 Å². The number of carbonyl (C=O) groups excluding carboxylic acids is 2. The van der Waals surface area contributed by atoms with Gasteiger partial charge in [-0.25, -0.2) is 4.79 Å². The molecule has 118 valence electrons. The lowest BCUT2D eigenvalue weighted by Gasteiger charge is -2.07. The molecule has 1 fully saturated rings. The van der Waals surface area contributed by atoms with E-state index in [9.17, 15) is 9.59 Å². The second-order valence-electron chi connectivity index (χ2n) is 5.25. The molecule has 23 heavy (non-hydrogen) atoms. The van der Waals surface area contributed by atoms with Gasteiger partial charge in [-0.2, -0.15) is 0 Å². The minimum absolute atomic E-state index is 0.200. The van der Waals surface area contributed by atoms with Gasteiger partial charge in [0.1, 0.15) is 0 Å². The van der Waals surface area contributed by atoms with E-state index in [0.29, 0.717) is 17.1 Å². The van der Waals surface area contributed by atoms with Crippen LogP contribution in [0, 0.1) is 0 Å². The number of nitrogens with zero attached hydrogens (tertiary/aromatic N) is 2. The third-order valence-electron chi connectivity index (χ3n) is 3.39. The van der Waals surface area contributed by atoms with Crippen LogP contribution in [0.2, 0.25) is 0 Å². The highest BCUT2D eigenvalue weighted by molar-refractivity contribution is 5.92. The molecule has 1 amide bonds. The highest BCUT2D eigenvalue weighted by atomic mass is 16.5. The monoisotopic (exact) mass is 312 g/mol. The van der Waals surface area contributed by atoms with Crippen LogP contribution in [0.25, 0.3) is 0 Å². The van der Waals surface area contributed by atoms with Gasteiger partial charge in [-0.05, 0) is 49.2 Å². The summed E-state index contributed by atoms with van der Waals surface area (Å²) in [7, 11) is 1.34. The van der Waals surface area contributed by atoms with Gasteiger partial charge in [0.2, 0.25) is 0 Å². The van der Waals surface area contributed by atoms with E-state index in [2.05, 4.69) is 25.6 Å². The molecule has 7 nitrogen and oxygen atoms in total. The lowest BCUT2D eigenvalue weighted by Crippen LogP contribution is -2.26. The van der Waals surface area contributed by atoms with Crippen molar-refractivity contribution in [3.8, 4) is 0 Å². The van der Waals surface area contributed by atoms with Crippen molar-refractivity contribution in [2.45, 2.75) is 18.9 Å². The zero-order valence-electron chi connectivity index (χ0n) is 12.6. The molecule has 0 atom stereocenters. The molecule has 0 radical (unpaired) electrons. The van der Waals surface area contributed by atoms with Gasteiger partial charge >= 0.3 is 5.97 Å². The summed E-state index contributed by atoms with van der Waals surface area (Å²) < 4.78 is 4.64. The number of ether oxygens (including phenoxy) is 1. The van der Waals surface area contributed by atoms with Crippen LogP contribution in [0.1, 0.15) is 33.7 Å². The zero-order chi connectivity index (χ0) is 16.2. The molecule has 7 heteroatoms. The minimum atomic E-state index is -0.387. The van der Waals surface area contributed by atoms with E-state index in [0.717, 1.165) is 18.5 Å². The molecule has 0 unspecified atom stereocenters. The highest BCUT2D eigenvalue weighted by Gasteiger charge is 2.24. The van der Waals surface area contributed by atoms with Crippen molar-refractivity contribution in [3.63, 3.8) is 0 Å². The van der Waals surface area contributed by atoms with Gasteiger partial charge in [0.15, 0.2) is 11.5 Å². The lowest BCUT2D eigenvalue weighted by molar-refractivity contribution is 0.0600. The molecule has 2 N–H and O–H groups in total. The molecule has 0 aliphatic heterocycles. The molecule has 1 aliphatic rings. The quantitative estimate of drug-likeness (QED) is 0.819. The number of benzene rings is 1. The summed E-state index contributed by atoms with van der Waals surface area (Å²) in [6.07, 6.45) is 2.06. The molecule has 1 aliphatic carbocycles. The van der Waals surface area contributed by atoms with Crippen LogP contribution >= 0.6 is 0 Å². The van der Waals surface area contributed by atoms with Crippen molar-refractivity contribution in [1.29, 1.82) is 0 Å². The van der Waals surface area contributed by atoms with Gasteiger partial charge in [0, 0.05) is 11.7 Å². The predicted molar refractivity (Wildman–Crippen MR) is 83.6 cm³/mol. The van der Waals surface area contributed by atoms with Gasteiger partial charge in [0.05, 0.1) is 12.7 Å². The molecule has 1 heterocycles. The van der Waals surface area contributed by atoms with Crippen LogP contribution in [-0.4, -0.2) is 35.2 Å². The van der Waals surface area contributed by atoms with E-state index in [-0.39, 0.29) is 17.9 Å². The van der Waals surface area contributed by atoms with Crippen molar-refractivity contribution >= 4 is 23.4 Å². The van der Waals surface area contributed by atoms with Gasteiger partial charge in [-0.3, -0.25) is 4.79 Å². The Morgan fingerprint density at radius 1 is 1.09 bits per heavy atom. The molecule has 1 aromatic carbocycles. The third kappa shape index (κ3) is 3.82. The first-order valence-corrected chi connectivity index (χ1v) is 7.26. The van der Waals surface area contributed by atoms with E-state index in [4.69, 9.17) is 0 Å². The largest absolute Gasteiger partial charge is 0.465 e. The molecule has 0 saturated heterocycles. The number of esters is 1. The van der Waals surface area contributed by atoms with Gasteiger partial charge in [-0.15, -0.1) is 10.2 Å². The summed E-state index contributed by atoms with van der Waals surface area (Å²) in [5.74, 6) is -0.0739. The Labute approximate surface area is 133 Å². The number of rotatable bonds is 5. The Bertz CT molecular complexity index is 709. The van der Waals surface area contributed by atoms with E-state index in [1.807, 2.05) is 0 Å². The fourth-order valence-corrected chi connectivity index (χ4v) is 1.96. The van der Waals surface area contributed by atoms with Crippen LogP contribution in [-0.2, 0) is 4.74 Å². The summed E-state index contributed by atoms with van der Waals surface area (Å²) in [4.78, 5) is 23.2. The molecule has 1 aromatic heterocycles. The van der Waals surface area contributed by atoms with Crippen molar-refractivity contribution in [3.05, 3.63) is 47.7 Å². The van der Waals surface area contributed by atoms with E-state index < -0.39 is 0 Å². The van der Waals surface area contributed by atoms with Crippen LogP contribution < -0.4 is 10.6 Å². The molecule has 1 saturated carbocycles. The Kier molecular flexibility index (Phi) is 4.18. The molecule has 3 rings (SSSR count). The average Bonchev–Trinajstić information content (AvgIpc) is 3.39. The lowest BCUT2D eigenvalue weighted by atomic mass is 10.2. The number of aromatic nitrogens is 2. The summed E-state index contributed by atoms with van der Waals surface area (Å²) >= 11 is 0. The van der Waals surface area contributed by atoms with Gasteiger partial charge in [-0.1, -0.05) is 0 Å². The van der Waals surface area contributed by atoms with Crippen molar-refractivity contribution in [1.82, 2.24) is 15.5 Å². The number of amides is 1. The first-order valence-electron chi connectivity index (χ1n) is 7.26. The van der Waals surface area contributed by atoms with Crippen molar-refractivity contribution in [2.75, 3.05) is 12.4 Å². The van der Waals surface area contributed by atoms with E-state index in [1.165, 1.54) is 7.11 Å². The third-order valence-corrected chi connectivity index (χ3v) is 3.39. The molecule has 2 aromatic rings. The zero-order valence-corrected chi connectivity index (χ0v) is 12.6. The van der Waals surface area contributed by atoms with E-state index >= 15 is 0 Å². The Balaban J connectivity index is 1.63. The maximum Gasteiger partial charge on any atom is 0.337 e. The van der Waals surface area contributed by atoms with Crippen molar-refractivity contribution < 1.29 is 14.3 Å². The van der Waals surface area contributed by atoms with Crippen LogP contribution in [0.3, 0.4) is 0 Å². The minimum Gasteiger partial charge on any atom is -0.465 e. The molecular formula is C16H16N4O3. The predicted octanol–water partition coefficient (Wildman–Crippen LogP) is 1.90. The van der Waals surface area contributed by atoms with E-state index in [1.54, 1.807) is 36.4 Å². The maximum atomic E-state index is 11.8. The number of nitrogens with one attached hydrogen (secondary N) is 2. The Hall–Kier alpha value is -2.96.